The molecule has 0 aliphatic rings. The number of para-hydroxylation sites is 1. The first-order valence-corrected chi connectivity index (χ1v) is 7.40. The third kappa shape index (κ3) is 2.62. The van der Waals surface area contributed by atoms with E-state index in [9.17, 15) is 4.79 Å². The van der Waals surface area contributed by atoms with Gasteiger partial charge in [0.1, 0.15) is 0 Å². The standard InChI is InChI=1S/C17H20N4O/c1-12-17(13(2)20(3)19-12)18-16(22)9-11-21-10-8-14-6-4-5-7-15(14)21/h4-8,10H,9,11H2,1-3H3,(H,18,22). The Morgan fingerprint density at radius 1 is 1.23 bits per heavy atom. The number of nitrogens with one attached hydrogen (secondary N) is 1. The molecule has 0 spiro atoms. The number of fused-ring (bicyclic) bond motifs is 1. The summed E-state index contributed by atoms with van der Waals surface area (Å²) in [6.45, 7) is 4.52. The maximum Gasteiger partial charge on any atom is 0.226 e. The lowest BCUT2D eigenvalue weighted by molar-refractivity contribution is -0.116. The molecule has 5 heteroatoms. The number of carbonyl (C=O) groups excluding carboxylic acids is 1. The highest BCUT2D eigenvalue weighted by molar-refractivity contribution is 5.92. The van der Waals surface area contributed by atoms with Gasteiger partial charge in [-0.2, -0.15) is 5.10 Å². The summed E-state index contributed by atoms with van der Waals surface area (Å²) in [4.78, 5) is 12.2. The third-order valence-electron chi connectivity index (χ3n) is 4.03. The topological polar surface area (TPSA) is 51.9 Å². The van der Waals surface area contributed by atoms with Crippen molar-refractivity contribution in [2.24, 2.45) is 7.05 Å². The lowest BCUT2D eigenvalue weighted by Gasteiger charge is -2.07. The summed E-state index contributed by atoms with van der Waals surface area (Å²) in [6.07, 6.45) is 2.46. The highest BCUT2D eigenvalue weighted by Crippen LogP contribution is 2.19. The van der Waals surface area contributed by atoms with Gasteiger partial charge >= 0.3 is 0 Å². The first kappa shape index (κ1) is 14.4. The maximum atomic E-state index is 12.2. The number of carbonyl (C=O) groups is 1. The highest BCUT2D eigenvalue weighted by atomic mass is 16.1. The number of amides is 1. The number of rotatable bonds is 4. The molecule has 0 aliphatic heterocycles. The van der Waals surface area contributed by atoms with Gasteiger partial charge in [0.05, 0.1) is 17.1 Å². The predicted octanol–water partition coefficient (Wildman–Crippen LogP) is 3.02. The fourth-order valence-electron chi connectivity index (χ4n) is 2.71. The SMILES string of the molecule is Cc1nn(C)c(C)c1NC(=O)CCn1ccc2ccccc21. The Hall–Kier alpha value is -2.56. The minimum absolute atomic E-state index is 0.0111. The number of nitrogens with zero attached hydrogens (tertiary/aromatic N) is 3. The molecule has 0 aliphatic carbocycles. The lowest BCUT2D eigenvalue weighted by atomic mass is 10.2. The third-order valence-corrected chi connectivity index (χ3v) is 4.03. The quantitative estimate of drug-likeness (QED) is 0.804. The van der Waals surface area contributed by atoms with Gasteiger partial charge in [0.15, 0.2) is 0 Å². The van der Waals surface area contributed by atoms with E-state index >= 15 is 0 Å². The molecular formula is C17H20N4O. The fourth-order valence-corrected chi connectivity index (χ4v) is 2.71. The zero-order chi connectivity index (χ0) is 15.7. The van der Waals surface area contributed by atoms with E-state index in [1.165, 1.54) is 5.39 Å². The van der Waals surface area contributed by atoms with Crippen LogP contribution in [0.3, 0.4) is 0 Å². The number of hydrogen-bond acceptors (Lipinski definition) is 2. The Balaban J connectivity index is 1.68. The van der Waals surface area contributed by atoms with E-state index in [1.807, 2.05) is 39.2 Å². The highest BCUT2D eigenvalue weighted by Gasteiger charge is 2.12. The molecular weight excluding hydrogens is 276 g/mol. The molecule has 1 aromatic carbocycles. The largest absolute Gasteiger partial charge is 0.347 e. The number of aryl methyl sites for hydroxylation is 3. The molecule has 1 N–H and O–H groups in total. The van der Waals surface area contributed by atoms with E-state index in [-0.39, 0.29) is 5.91 Å². The van der Waals surface area contributed by atoms with E-state index in [4.69, 9.17) is 0 Å². The van der Waals surface area contributed by atoms with Gasteiger partial charge in [-0.05, 0) is 31.4 Å². The van der Waals surface area contributed by atoms with Crippen molar-refractivity contribution >= 4 is 22.5 Å². The Morgan fingerprint density at radius 2 is 2.00 bits per heavy atom. The van der Waals surface area contributed by atoms with Crippen molar-refractivity contribution in [3.8, 4) is 0 Å². The van der Waals surface area contributed by atoms with E-state index in [2.05, 4.69) is 33.2 Å². The van der Waals surface area contributed by atoms with Gasteiger partial charge in [-0.3, -0.25) is 9.48 Å². The molecule has 0 atom stereocenters. The van der Waals surface area contributed by atoms with E-state index < -0.39 is 0 Å². The zero-order valence-electron chi connectivity index (χ0n) is 13.1. The summed E-state index contributed by atoms with van der Waals surface area (Å²) in [5.41, 5.74) is 3.80. The average Bonchev–Trinajstić information content (AvgIpc) is 3.02. The monoisotopic (exact) mass is 296 g/mol. The van der Waals surface area contributed by atoms with Crippen LogP contribution in [0.2, 0.25) is 0 Å². The van der Waals surface area contributed by atoms with Gasteiger partial charge < -0.3 is 9.88 Å². The van der Waals surface area contributed by atoms with Crippen molar-refractivity contribution in [3.63, 3.8) is 0 Å². The fraction of sp³-hybridized carbons (Fsp3) is 0.294. The first-order chi connectivity index (χ1) is 10.6. The van der Waals surface area contributed by atoms with Crippen molar-refractivity contribution < 1.29 is 4.79 Å². The molecule has 0 radical (unpaired) electrons. The van der Waals surface area contributed by atoms with E-state index in [0.717, 1.165) is 22.6 Å². The van der Waals surface area contributed by atoms with E-state index in [0.29, 0.717) is 13.0 Å². The van der Waals surface area contributed by atoms with Gasteiger partial charge in [0, 0.05) is 31.7 Å². The normalized spacial score (nSPS) is 11.0. The molecule has 2 heterocycles. The molecule has 0 fully saturated rings. The maximum absolute atomic E-state index is 12.2. The summed E-state index contributed by atoms with van der Waals surface area (Å²) in [5.74, 6) is 0.0111. The average molecular weight is 296 g/mol. The van der Waals surface area contributed by atoms with Crippen LogP contribution in [0.4, 0.5) is 5.69 Å². The Morgan fingerprint density at radius 3 is 2.73 bits per heavy atom. The number of anilines is 1. The molecule has 0 saturated heterocycles. The van der Waals surface area contributed by atoms with Crippen LogP contribution in [0.15, 0.2) is 36.5 Å². The minimum Gasteiger partial charge on any atom is -0.347 e. The van der Waals surface area contributed by atoms with Crippen LogP contribution < -0.4 is 5.32 Å². The van der Waals surface area contributed by atoms with Gasteiger partial charge in [0.25, 0.3) is 0 Å². The van der Waals surface area contributed by atoms with Crippen molar-refractivity contribution in [1.29, 1.82) is 0 Å². The second kappa shape index (κ2) is 5.67. The summed E-state index contributed by atoms with van der Waals surface area (Å²) < 4.78 is 3.89. The molecule has 114 valence electrons. The molecule has 5 nitrogen and oxygen atoms in total. The predicted molar refractivity (Wildman–Crippen MR) is 87.9 cm³/mol. The molecule has 3 aromatic rings. The van der Waals surface area contributed by atoms with Crippen LogP contribution in [0.1, 0.15) is 17.8 Å². The van der Waals surface area contributed by atoms with Gasteiger partial charge in [-0.1, -0.05) is 18.2 Å². The van der Waals surface area contributed by atoms with Crippen molar-refractivity contribution in [2.75, 3.05) is 5.32 Å². The molecule has 0 saturated carbocycles. The van der Waals surface area contributed by atoms with Gasteiger partial charge in [-0.15, -0.1) is 0 Å². The van der Waals surface area contributed by atoms with Crippen LogP contribution in [0, 0.1) is 13.8 Å². The van der Waals surface area contributed by atoms with Crippen LogP contribution in [0.5, 0.6) is 0 Å². The summed E-state index contributed by atoms with van der Waals surface area (Å²) in [6, 6.07) is 10.3. The molecule has 2 aromatic heterocycles. The molecule has 3 rings (SSSR count). The van der Waals surface area contributed by atoms with Crippen molar-refractivity contribution in [2.45, 2.75) is 26.8 Å². The van der Waals surface area contributed by atoms with E-state index in [1.54, 1.807) is 4.68 Å². The molecule has 22 heavy (non-hydrogen) atoms. The summed E-state index contributed by atoms with van der Waals surface area (Å²) in [7, 11) is 1.88. The second-order valence-corrected chi connectivity index (χ2v) is 5.54. The summed E-state index contributed by atoms with van der Waals surface area (Å²) >= 11 is 0. The lowest BCUT2D eigenvalue weighted by Crippen LogP contribution is -2.15. The summed E-state index contributed by atoms with van der Waals surface area (Å²) in [5, 5.41) is 8.48. The van der Waals surface area contributed by atoms with Gasteiger partial charge in [0.2, 0.25) is 5.91 Å². The number of benzene rings is 1. The number of hydrogen-bond donors (Lipinski definition) is 1. The van der Waals surface area contributed by atoms with Crippen LogP contribution >= 0.6 is 0 Å². The van der Waals surface area contributed by atoms with Crippen molar-refractivity contribution in [1.82, 2.24) is 14.3 Å². The van der Waals surface area contributed by atoms with Gasteiger partial charge in [-0.25, -0.2) is 0 Å². The molecule has 1 amide bonds. The second-order valence-electron chi connectivity index (χ2n) is 5.54. The van der Waals surface area contributed by atoms with Crippen LogP contribution in [-0.4, -0.2) is 20.3 Å². The molecule has 0 unspecified atom stereocenters. The minimum atomic E-state index is 0.0111. The zero-order valence-corrected chi connectivity index (χ0v) is 13.1. The van der Waals surface area contributed by atoms with Crippen LogP contribution in [0.25, 0.3) is 10.9 Å². The molecule has 0 bridgehead atoms. The smallest absolute Gasteiger partial charge is 0.226 e. The Labute approximate surface area is 129 Å². The first-order valence-electron chi connectivity index (χ1n) is 7.40. The van der Waals surface area contributed by atoms with Crippen LogP contribution in [-0.2, 0) is 18.4 Å². The Kier molecular flexibility index (Phi) is 3.71. The van der Waals surface area contributed by atoms with Crippen molar-refractivity contribution in [3.05, 3.63) is 47.9 Å². The number of aromatic nitrogens is 3. The Bertz CT molecular complexity index is 828.